The minimum Gasteiger partial charge on any atom is -0.452 e. The van der Waals surface area contributed by atoms with E-state index in [-0.39, 0.29) is 12.5 Å². The molecule has 7 nitrogen and oxygen atoms in total. The van der Waals surface area contributed by atoms with Crippen LogP contribution < -0.4 is 5.73 Å². The van der Waals surface area contributed by atoms with Crippen LogP contribution in [0, 0.1) is 13.8 Å². The summed E-state index contributed by atoms with van der Waals surface area (Å²) in [6, 6.07) is 2.03. The number of primary amides is 1. The highest BCUT2D eigenvalue weighted by molar-refractivity contribution is 5.91. The Balaban J connectivity index is 1.55. The van der Waals surface area contributed by atoms with Gasteiger partial charge in [-0.05, 0) is 63.7 Å². The van der Waals surface area contributed by atoms with Crippen molar-refractivity contribution in [3.05, 3.63) is 29.1 Å². The molecular formula is C20H27N3O4. The predicted molar refractivity (Wildman–Crippen MR) is 101 cm³/mol. The highest BCUT2D eigenvalue weighted by Crippen LogP contribution is 2.38. The SMILES string of the molecule is Cc1cc(/C=C/C(=O)OCC(=O)N2CCCC[C@@H]2C(N)=O)c(C)n1C1CC1. The molecular weight excluding hydrogens is 346 g/mol. The van der Waals surface area contributed by atoms with E-state index in [2.05, 4.69) is 11.5 Å². The Morgan fingerprint density at radius 2 is 1.96 bits per heavy atom. The van der Waals surface area contributed by atoms with E-state index in [1.165, 1.54) is 29.5 Å². The Bertz CT molecular complexity index is 776. The molecule has 2 fully saturated rings. The molecule has 3 rings (SSSR count). The first kappa shape index (κ1) is 19.2. The fraction of sp³-hybridized carbons (Fsp3) is 0.550. The lowest BCUT2D eigenvalue weighted by Gasteiger charge is -2.33. The summed E-state index contributed by atoms with van der Waals surface area (Å²) in [5.74, 6) is -1.47. The first-order chi connectivity index (χ1) is 12.9. The number of likely N-dealkylation sites (tertiary alicyclic amines) is 1. The molecule has 1 aliphatic heterocycles. The normalized spacial score (nSPS) is 20.1. The van der Waals surface area contributed by atoms with Crippen LogP contribution in [0.4, 0.5) is 0 Å². The van der Waals surface area contributed by atoms with Crippen LogP contribution in [-0.2, 0) is 19.1 Å². The van der Waals surface area contributed by atoms with E-state index in [0.29, 0.717) is 19.0 Å². The Morgan fingerprint density at radius 3 is 2.63 bits per heavy atom. The van der Waals surface area contributed by atoms with Gasteiger partial charge in [0.25, 0.3) is 5.91 Å². The van der Waals surface area contributed by atoms with E-state index in [1.54, 1.807) is 6.08 Å². The highest BCUT2D eigenvalue weighted by Gasteiger charge is 2.31. The molecule has 146 valence electrons. The Morgan fingerprint density at radius 1 is 1.22 bits per heavy atom. The Hall–Kier alpha value is -2.57. The van der Waals surface area contributed by atoms with Crippen molar-refractivity contribution in [3.63, 3.8) is 0 Å². The van der Waals surface area contributed by atoms with Crippen LogP contribution >= 0.6 is 0 Å². The molecule has 0 radical (unpaired) electrons. The maximum atomic E-state index is 12.3. The number of rotatable bonds is 6. The van der Waals surface area contributed by atoms with Crippen LogP contribution in [0.15, 0.2) is 12.1 Å². The number of hydrogen-bond donors (Lipinski definition) is 1. The first-order valence-electron chi connectivity index (χ1n) is 9.50. The topological polar surface area (TPSA) is 94.6 Å². The summed E-state index contributed by atoms with van der Waals surface area (Å²) in [4.78, 5) is 37.2. The van der Waals surface area contributed by atoms with Crippen molar-refractivity contribution in [1.29, 1.82) is 0 Å². The van der Waals surface area contributed by atoms with Gasteiger partial charge in [0.05, 0.1) is 0 Å². The molecule has 1 saturated heterocycles. The molecule has 7 heteroatoms. The molecule has 2 N–H and O–H groups in total. The second-order valence-corrected chi connectivity index (χ2v) is 7.37. The summed E-state index contributed by atoms with van der Waals surface area (Å²) in [6.45, 7) is 4.19. The zero-order chi connectivity index (χ0) is 19.6. The Labute approximate surface area is 159 Å². The van der Waals surface area contributed by atoms with Gasteiger partial charge in [0, 0.05) is 30.1 Å². The Kier molecular flexibility index (Phi) is 5.68. The number of ether oxygens (including phenoxy) is 1. The van der Waals surface area contributed by atoms with Gasteiger partial charge in [0.15, 0.2) is 6.61 Å². The summed E-state index contributed by atoms with van der Waals surface area (Å²) in [5, 5.41) is 0. The number of aromatic nitrogens is 1. The monoisotopic (exact) mass is 373 g/mol. The van der Waals surface area contributed by atoms with Crippen LogP contribution in [0.25, 0.3) is 6.08 Å². The van der Waals surface area contributed by atoms with E-state index in [1.807, 2.05) is 13.0 Å². The highest BCUT2D eigenvalue weighted by atomic mass is 16.5. The van der Waals surface area contributed by atoms with Gasteiger partial charge in [0.1, 0.15) is 6.04 Å². The van der Waals surface area contributed by atoms with Crippen molar-refractivity contribution in [1.82, 2.24) is 9.47 Å². The minimum atomic E-state index is -0.603. The van der Waals surface area contributed by atoms with Gasteiger partial charge in [-0.2, -0.15) is 0 Å². The van der Waals surface area contributed by atoms with Crippen LogP contribution in [0.3, 0.4) is 0 Å². The van der Waals surface area contributed by atoms with Gasteiger partial charge < -0.3 is 19.9 Å². The number of nitrogens with zero attached hydrogens (tertiary/aromatic N) is 2. The average Bonchev–Trinajstić information content (AvgIpc) is 3.43. The van der Waals surface area contributed by atoms with E-state index in [0.717, 1.165) is 24.1 Å². The second-order valence-electron chi connectivity index (χ2n) is 7.37. The quantitative estimate of drug-likeness (QED) is 0.608. The van der Waals surface area contributed by atoms with Gasteiger partial charge in [0.2, 0.25) is 5.91 Å². The van der Waals surface area contributed by atoms with E-state index < -0.39 is 17.9 Å². The summed E-state index contributed by atoms with van der Waals surface area (Å²) in [5.41, 5.74) is 8.66. The number of nitrogens with two attached hydrogens (primary N) is 1. The largest absolute Gasteiger partial charge is 0.452 e. The van der Waals surface area contributed by atoms with Crippen molar-refractivity contribution in [2.75, 3.05) is 13.2 Å². The smallest absolute Gasteiger partial charge is 0.331 e. The van der Waals surface area contributed by atoms with E-state index >= 15 is 0 Å². The third kappa shape index (κ3) is 4.40. The molecule has 0 unspecified atom stereocenters. The molecule has 0 spiro atoms. The van der Waals surface area contributed by atoms with Gasteiger partial charge in [-0.25, -0.2) is 4.79 Å². The summed E-state index contributed by atoms with van der Waals surface area (Å²) in [7, 11) is 0. The van der Waals surface area contributed by atoms with E-state index in [9.17, 15) is 14.4 Å². The van der Waals surface area contributed by atoms with Crippen LogP contribution in [0.2, 0.25) is 0 Å². The molecule has 1 atom stereocenters. The third-order valence-electron chi connectivity index (χ3n) is 5.32. The number of esters is 1. The fourth-order valence-corrected chi connectivity index (χ4v) is 3.81. The molecule has 27 heavy (non-hydrogen) atoms. The number of amides is 2. The first-order valence-corrected chi connectivity index (χ1v) is 9.50. The lowest BCUT2D eigenvalue weighted by Crippen LogP contribution is -2.51. The van der Waals surface area contributed by atoms with E-state index in [4.69, 9.17) is 10.5 Å². The van der Waals surface area contributed by atoms with Crippen molar-refractivity contribution in [2.24, 2.45) is 5.73 Å². The van der Waals surface area contributed by atoms with Crippen molar-refractivity contribution >= 4 is 23.9 Å². The molecule has 0 aromatic carbocycles. The molecule has 2 aliphatic rings. The maximum absolute atomic E-state index is 12.3. The number of piperidine rings is 1. The van der Waals surface area contributed by atoms with Crippen LogP contribution in [0.5, 0.6) is 0 Å². The number of carbonyl (C=O) groups excluding carboxylic acids is 3. The molecule has 1 aliphatic carbocycles. The van der Waals surface area contributed by atoms with Crippen molar-refractivity contribution in [3.8, 4) is 0 Å². The van der Waals surface area contributed by atoms with Gasteiger partial charge in [-0.15, -0.1) is 0 Å². The maximum Gasteiger partial charge on any atom is 0.331 e. The standard InChI is InChI=1S/C20H27N3O4/c1-13-11-15(14(2)23(13)16-7-8-16)6-9-19(25)27-12-18(24)22-10-4-3-5-17(22)20(21)26/h6,9,11,16-17H,3-5,7-8,10,12H2,1-2H3,(H2,21,26)/b9-6+/t17-/m1/s1. The van der Waals surface area contributed by atoms with Crippen molar-refractivity contribution < 1.29 is 19.1 Å². The van der Waals surface area contributed by atoms with Crippen LogP contribution in [-0.4, -0.2) is 46.4 Å². The van der Waals surface area contributed by atoms with Gasteiger partial charge in [-0.3, -0.25) is 9.59 Å². The van der Waals surface area contributed by atoms with Gasteiger partial charge >= 0.3 is 5.97 Å². The zero-order valence-electron chi connectivity index (χ0n) is 15.9. The number of hydrogen-bond acceptors (Lipinski definition) is 4. The minimum absolute atomic E-state index is 0.381. The zero-order valence-corrected chi connectivity index (χ0v) is 15.9. The third-order valence-corrected chi connectivity index (χ3v) is 5.32. The molecule has 1 aromatic rings. The summed E-state index contributed by atoms with van der Waals surface area (Å²) in [6.07, 6.45) is 7.71. The fourth-order valence-electron chi connectivity index (χ4n) is 3.81. The molecule has 2 amide bonds. The second kappa shape index (κ2) is 7.98. The average molecular weight is 373 g/mol. The summed E-state index contributed by atoms with van der Waals surface area (Å²) >= 11 is 0. The lowest BCUT2D eigenvalue weighted by atomic mass is 10.0. The lowest BCUT2D eigenvalue weighted by molar-refractivity contribution is -0.151. The number of aryl methyl sites for hydroxylation is 1. The molecule has 0 bridgehead atoms. The molecule has 1 aromatic heterocycles. The summed E-state index contributed by atoms with van der Waals surface area (Å²) < 4.78 is 7.37. The molecule has 1 saturated carbocycles. The number of carbonyl (C=O) groups is 3. The van der Waals surface area contributed by atoms with Gasteiger partial charge in [-0.1, -0.05) is 0 Å². The predicted octanol–water partition coefficient (Wildman–Crippen LogP) is 1.86. The molecule has 2 heterocycles. The van der Waals surface area contributed by atoms with Crippen LogP contribution in [0.1, 0.15) is 55.1 Å². The van der Waals surface area contributed by atoms with Crippen molar-refractivity contribution in [2.45, 2.75) is 58.0 Å².